The Morgan fingerprint density at radius 1 is 1.05 bits per heavy atom. The summed E-state index contributed by atoms with van der Waals surface area (Å²) < 4.78 is 44.2. The maximum Gasteiger partial charge on any atom is 0.433 e. The molecular formula is C27H29Cl2F3N4O4. The highest BCUT2D eigenvalue weighted by Gasteiger charge is 2.63. The number of alkyl halides is 3. The minimum Gasteiger partial charge on any atom is -0.481 e. The molecule has 13 heteroatoms. The molecule has 0 bridgehead atoms. The number of aromatic nitrogens is 3. The van der Waals surface area contributed by atoms with Gasteiger partial charge in [-0.2, -0.15) is 18.3 Å². The number of amides is 1. The third-order valence-electron chi connectivity index (χ3n) is 9.17. The Balaban J connectivity index is 1.47. The second-order valence-corrected chi connectivity index (χ2v) is 12.5. The molecule has 0 radical (unpaired) electrons. The average molecular weight is 601 g/mol. The Labute approximate surface area is 238 Å². The minimum atomic E-state index is -4.90. The molecule has 0 saturated heterocycles. The SMILES string of the molecule is CC1(C)[C@@H]2C[C@H](N(CC(=O)c3c(Cl)cncc3Cl)C(=O)c3cnn([C@H]4CC[C@H](C(=O)O)CC4)c3C(F)(F)F)C[C@@H]21. The zero-order valence-electron chi connectivity index (χ0n) is 21.9. The summed E-state index contributed by atoms with van der Waals surface area (Å²) in [5.41, 5.74) is -1.77. The molecule has 216 valence electrons. The first-order valence-electron chi connectivity index (χ1n) is 13.2. The Morgan fingerprint density at radius 2 is 1.62 bits per heavy atom. The number of carbonyl (C=O) groups is 3. The number of carboxylic acid groups (broad SMARTS) is 1. The summed E-state index contributed by atoms with van der Waals surface area (Å²) in [6.45, 7) is 3.74. The summed E-state index contributed by atoms with van der Waals surface area (Å²) in [5, 5.41) is 13.2. The number of carbonyl (C=O) groups excluding carboxylic acids is 2. The van der Waals surface area contributed by atoms with E-state index in [2.05, 4.69) is 23.9 Å². The van der Waals surface area contributed by atoms with E-state index < -0.39 is 59.6 Å². The summed E-state index contributed by atoms with van der Waals surface area (Å²) in [5.74, 6) is -2.50. The highest BCUT2D eigenvalue weighted by atomic mass is 35.5. The quantitative estimate of drug-likeness (QED) is 0.380. The molecular weight excluding hydrogens is 572 g/mol. The molecule has 0 aliphatic heterocycles. The number of pyridine rings is 1. The maximum atomic E-state index is 14.5. The van der Waals surface area contributed by atoms with Gasteiger partial charge in [0.2, 0.25) is 0 Å². The molecule has 3 aliphatic rings. The summed E-state index contributed by atoms with van der Waals surface area (Å²) in [4.78, 5) is 43.6. The molecule has 1 N–H and O–H groups in total. The van der Waals surface area contributed by atoms with Gasteiger partial charge < -0.3 is 10.0 Å². The van der Waals surface area contributed by atoms with Crippen LogP contribution in [0.5, 0.6) is 0 Å². The summed E-state index contributed by atoms with van der Waals surface area (Å²) >= 11 is 12.3. The summed E-state index contributed by atoms with van der Waals surface area (Å²) in [6, 6.07) is -1.13. The molecule has 0 spiro atoms. The fourth-order valence-electron chi connectivity index (χ4n) is 6.81. The summed E-state index contributed by atoms with van der Waals surface area (Å²) in [6.07, 6.45) is 0.457. The van der Waals surface area contributed by atoms with Gasteiger partial charge in [-0.25, -0.2) is 0 Å². The van der Waals surface area contributed by atoms with Crippen LogP contribution in [-0.2, 0) is 11.0 Å². The van der Waals surface area contributed by atoms with Gasteiger partial charge in [0.25, 0.3) is 5.91 Å². The van der Waals surface area contributed by atoms with Crippen molar-refractivity contribution in [2.75, 3.05) is 6.54 Å². The fourth-order valence-corrected chi connectivity index (χ4v) is 7.38. The number of fused-ring (bicyclic) bond motifs is 1. The highest BCUT2D eigenvalue weighted by molar-refractivity contribution is 6.39. The lowest BCUT2D eigenvalue weighted by atomic mass is 9.86. The molecule has 3 aliphatic carbocycles. The molecule has 0 aromatic carbocycles. The van der Waals surface area contributed by atoms with Gasteiger partial charge in [-0.15, -0.1) is 0 Å². The van der Waals surface area contributed by atoms with Crippen molar-refractivity contribution in [1.82, 2.24) is 19.7 Å². The zero-order valence-corrected chi connectivity index (χ0v) is 23.4. The van der Waals surface area contributed by atoms with Crippen molar-refractivity contribution >= 4 is 40.9 Å². The Bertz CT molecular complexity index is 1320. The van der Waals surface area contributed by atoms with Crippen LogP contribution in [0, 0.1) is 23.2 Å². The van der Waals surface area contributed by atoms with E-state index >= 15 is 0 Å². The van der Waals surface area contributed by atoms with Gasteiger partial charge in [0.05, 0.1) is 45.9 Å². The molecule has 2 aromatic rings. The third kappa shape index (κ3) is 5.11. The second-order valence-electron chi connectivity index (χ2n) is 11.7. The first-order valence-corrected chi connectivity index (χ1v) is 14.0. The molecule has 40 heavy (non-hydrogen) atoms. The van der Waals surface area contributed by atoms with Crippen LogP contribution in [0.4, 0.5) is 13.2 Å². The van der Waals surface area contributed by atoms with Crippen LogP contribution >= 0.6 is 23.2 Å². The van der Waals surface area contributed by atoms with Crippen molar-refractivity contribution < 1.29 is 32.7 Å². The normalized spacial score (nSPS) is 27.2. The zero-order chi connectivity index (χ0) is 29.1. The molecule has 3 fully saturated rings. The first-order chi connectivity index (χ1) is 18.7. The van der Waals surface area contributed by atoms with Crippen molar-refractivity contribution in [2.45, 2.75) is 70.6 Å². The van der Waals surface area contributed by atoms with E-state index in [0.717, 1.165) is 10.9 Å². The van der Waals surface area contributed by atoms with E-state index in [4.69, 9.17) is 23.2 Å². The largest absolute Gasteiger partial charge is 0.481 e. The van der Waals surface area contributed by atoms with E-state index in [1.807, 2.05) is 0 Å². The van der Waals surface area contributed by atoms with E-state index in [1.165, 1.54) is 17.3 Å². The van der Waals surface area contributed by atoms with E-state index in [1.54, 1.807) is 0 Å². The second kappa shape index (κ2) is 10.3. The van der Waals surface area contributed by atoms with Gasteiger partial charge in [-0.3, -0.25) is 24.0 Å². The van der Waals surface area contributed by atoms with Gasteiger partial charge in [0.1, 0.15) is 0 Å². The van der Waals surface area contributed by atoms with Crippen molar-refractivity contribution in [3.05, 3.63) is 45.5 Å². The third-order valence-corrected chi connectivity index (χ3v) is 9.75. The number of ketones is 1. The van der Waals surface area contributed by atoms with Gasteiger partial charge >= 0.3 is 12.1 Å². The number of rotatable bonds is 7. The lowest BCUT2D eigenvalue weighted by molar-refractivity contribution is -0.147. The predicted octanol–water partition coefficient (Wildman–Crippen LogP) is 6.18. The van der Waals surface area contributed by atoms with Crippen molar-refractivity contribution in [2.24, 2.45) is 23.2 Å². The number of carboxylic acids is 1. The van der Waals surface area contributed by atoms with Crippen LogP contribution in [0.15, 0.2) is 18.6 Å². The van der Waals surface area contributed by atoms with Crippen LogP contribution in [0.2, 0.25) is 10.0 Å². The van der Waals surface area contributed by atoms with Gasteiger partial charge in [-0.05, 0) is 55.8 Å². The van der Waals surface area contributed by atoms with Gasteiger partial charge in [0.15, 0.2) is 11.5 Å². The number of nitrogens with zero attached hydrogens (tertiary/aromatic N) is 4. The maximum absolute atomic E-state index is 14.5. The Morgan fingerprint density at radius 3 is 2.15 bits per heavy atom. The Kier molecular flexibility index (Phi) is 7.44. The topological polar surface area (TPSA) is 105 Å². The molecule has 8 nitrogen and oxygen atoms in total. The van der Waals surface area contributed by atoms with Crippen LogP contribution in [0.3, 0.4) is 0 Å². The summed E-state index contributed by atoms with van der Waals surface area (Å²) in [7, 11) is 0. The van der Waals surface area contributed by atoms with Crippen LogP contribution in [0.1, 0.15) is 84.8 Å². The fraction of sp³-hybridized carbons (Fsp3) is 0.593. The van der Waals surface area contributed by atoms with Gasteiger partial charge in [0, 0.05) is 18.4 Å². The Hall–Kier alpha value is -2.66. The lowest BCUT2D eigenvalue weighted by Crippen LogP contribution is -2.44. The van der Waals surface area contributed by atoms with E-state index in [-0.39, 0.29) is 46.7 Å². The highest BCUT2D eigenvalue weighted by Crippen LogP contribution is 2.67. The lowest BCUT2D eigenvalue weighted by Gasteiger charge is -2.32. The van der Waals surface area contributed by atoms with Crippen LogP contribution in [-0.4, -0.2) is 55.0 Å². The van der Waals surface area contributed by atoms with Gasteiger partial charge in [-0.1, -0.05) is 37.0 Å². The number of hydrogen-bond donors (Lipinski definition) is 1. The van der Waals surface area contributed by atoms with E-state index in [9.17, 15) is 32.7 Å². The molecule has 2 heterocycles. The van der Waals surface area contributed by atoms with Crippen molar-refractivity contribution in [1.29, 1.82) is 0 Å². The van der Waals surface area contributed by atoms with Crippen molar-refractivity contribution in [3.63, 3.8) is 0 Å². The van der Waals surface area contributed by atoms with Crippen molar-refractivity contribution in [3.8, 4) is 0 Å². The molecule has 3 saturated carbocycles. The predicted molar refractivity (Wildman–Crippen MR) is 139 cm³/mol. The molecule has 3 atom stereocenters. The number of halogens is 5. The molecule has 2 aromatic heterocycles. The number of aliphatic carboxylic acids is 1. The first kappa shape index (κ1) is 28.9. The monoisotopic (exact) mass is 600 g/mol. The van der Waals surface area contributed by atoms with Crippen LogP contribution < -0.4 is 0 Å². The number of hydrogen-bond acceptors (Lipinski definition) is 5. The van der Waals surface area contributed by atoms with Crippen LogP contribution in [0.25, 0.3) is 0 Å². The smallest absolute Gasteiger partial charge is 0.433 e. The molecule has 0 unspecified atom stereocenters. The standard InChI is InChI=1S/C27H29Cl2F3N4O4/c1-26(2)17-7-15(8-18(17)26)35(12-21(37)22-19(28)10-33-11-20(22)29)24(38)16-9-34-36(23(16)27(30,31)32)14-5-3-13(4-6-14)25(39)40/h9-11,13-15,17-18H,3-8,12H2,1-2H3,(H,39,40)/t13-,14-,15-,17+,18-. The minimum absolute atomic E-state index is 0.0129. The van der Waals surface area contributed by atoms with E-state index in [0.29, 0.717) is 24.7 Å². The number of Topliss-reactive ketones (excluding diaryl/α,β-unsaturated/α-hetero) is 1. The molecule has 1 amide bonds. The average Bonchev–Trinajstić information content (AvgIpc) is 3.31. The molecule has 5 rings (SSSR count).